The molecular formula is C26H42IN3O6. The molecule has 0 aromatic rings. The Hall–Kier alpha value is -0.950. The predicted octanol–water partition coefficient (Wildman–Crippen LogP) is 3.55. The first-order chi connectivity index (χ1) is 17.2. The number of alkyl carbamates (subject to hydrolysis) is 1. The van der Waals surface area contributed by atoms with E-state index in [-0.39, 0.29) is 53.4 Å². The second kappa shape index (κ2) is 11.8. The number of carbonyl (C=O) groups is 2. The lowest BCUT2D eigenvalue weighted by atomic mass is 9.68. The fourth-order valence-corrected chi connectivity index (χ4v) is 6.72. The number of allylic oxidation sites excluding steroid dienone is 2. The molecular weight excluding hydrogens is 577 g/mol. The number of carbonyl (C=O) groups excluding carboxylic acids is 2. The molecule has 0 bridgehead atoms. The summed E-state index contributed by atoms with van der Waals surface area (Å²) >= 11 is 1.96. The van der Waals surface area contributed by atoms with Gasteiger partial charge in [-0.3, -0.25) is 8.32 Å². The van der Waals surface area contributed by atoms with Gasteiger partial charge in [-0.15, -0.1) is 0 Å². The summed E-state index contributed by atoms with van der Waals surface area (Å²) in [6.45, 7) is 7.41. The molecule has 0 radical (unpaired) electrons. The van der Waals surface area contributed by atoms with Gasteiger partial charge in [0.05, 0.1) is 25.2 Å². The molecule has 4 fully saturated rings. The summed E-state index contributed by atoms with van der Waals surface area (Å²) < 4.78 is 27.1. The maximum atomic E-state index is 12.9. The minimum atomic E-state index is -0.392. The van der Waals surface area contributed by atoms with Gasteiger partial charge in [0.1, 0.15) is 23.4 Å². The maximum absolute atomic E-state index is 12.9. The number of halogens is 1. The van der Waals surface area contributed by atoms with Crippen LogP contribution in [0.3, 0.4) is 0 Å². The molecule has 4 aliphatic rings. The van der Waals surface area contributed by atoms with Crippen LogP contribution in [0.1, 0.15) is 72.1 Å². The molecule has 2 heterocycles. The third-order valence-electron chi connectivity index (χ3n) is 8.38. The Morgan fingerprint density at radius 1 is 1.11 bits per heavy atom. The van der Waals surface area contributed by atoms with Crippen molar-refractivity contribution in [3.63, 3.8) is 0 Å². The highest BCUT2D eigenvalue weighted by molar-refractivity contribution is 14.1. The van der Waals surface area contributed by atoms with E-state index in [1.54, 1.807) is 7.11 Å². The molecule has 4 rings (SSSR count). The molecule has 204 valence electrons. The van der Waals surface area contributed by atoms with Crippen LogP contribution in [-0.4, -0.2) is 73.9 Å². The Morgan fingerprint density at radius 2 is 1.78 bits per heavy atom. The lowest BCUT2D eigenvalue weighted by molar-refractivity contribution is -0.120. The summed E-state index contributed by atoms with van der Waals surface area (Å²) in [5.74, 6) is 0.0250. The number of ether oxygens (including phenoxy) is 4. The molecule has 0 aromatic heterocycles. The van der Waals surface area contributed by atoms with Gasteiger partial charge in [-0.1, -0.05) is 11.6 Å². The molecule has 36 heavy (non-hydrogen) atoms. The number of hydrogen-bond donors (Lipinski definition) is 3. The summed E-state index contributed by atoms with van der Waals surface area (Å²) in [4.78, 5) is 24.7. The molecule has 2 saturated carbocycles. The van der Waals surface area contributed by atoms with Gasteiger partial charge in [0.25, 0.3) is 0 Å². The van der Waals surface area contributed by atoms with Crippen molar-refractivity contribution in [1.82, 2.24) is 14.2 Å². The Morgan fingerprint density at radius 3 is 2.36 bits per heavy atom. The van der Waals surface area contributed by atoms with E-state index >= 15 is 0 Å². The topological polar surface area (TPSA) is 114 Å². The van der Waals surface area contributed by atoms with Crippen molar-refractivity contribution in [2.45, 2.75) is 114 Å². The van der Waals surface area contributed by atoms with Gasteiger partial charge in [-0.2, -0.15) is 0 Å². The van der Waals surface area contributed by atoms with Crippen LogP contribution in [0.4, 0.5) is 4.79 Å². The van der Waals surface area contributed by atoms with E-state index < -0.39 is 6.09 Å². The van der Waals surface area contributed by atoms with Crippen molar-refractivity contribution in [3.05, 3.63) is 11.6 Å². The van der Waals surface area contributed by atoms with Gasteiger partial charge < -0.3 is 29.6 Å². The predicted molar refractivity (Wildman–Crippen MR) is 144 cm³/mol. The quantitative estimate of drug-likeness (QED) is 0.148. The second-order valence-electron chi connectivity index (χ2n) is 11.2. The molecule has 2 amide bonds. The minimum absolute atomic E-state index is 0.00242. The third-order valence-corrected chi connectivity index (χ3v) is 8.76. The number of epoxide rings is 2. The molecule has 2 aliphatic carbocycles. The average molecular weight is 620 g/mol. The standard InChI is InChI=1S/C26H42IN3O6/c1-16(2)6-5-7-20-25(3,36-20)23-22(33-4)19(12-13-26(23)15-34-26)35-24(32)30-18-10-8-17(9-11-18)29-21(31)14-28-27/h6,17-20,22-23,28H,5,7-15H2,1-4H3,(H,29,31)(H,30,32)/t17-,18-,19?,20-,22?,23-,25+,26+/m1/s1. The molecule has 0 aromatic carbocycles. The van der Waals surface area contributed by atoms with E-state index in [2.05, 4.69) is 41.0 Å². The zero-order valence-corrected chi connectivity index (χ0v) is 24.1. The van der Waals surface area contributed by atoms with Gasteiger partial charge in [0.2, 0.25) is 5.91 Å². The van der Waals surface area contributed by atoms with E-state index in [0.717, 1.165) is 44.9 Å². The maximum Gasteiger partial charge on any atom is 0.407 e. The van der Waals surface area contributed by atoms with E-state index in [0.29, 0.717) is 19.6 Å². The van der Waals surface area contributed by atoms with Crippen molar-refractivity contribution in [3.8, 4) is 0 Å². The van der Waals surface area contributed by atoms with Crippen LogP contribution < -0.4 is 14.2 Å². The monoisotopic (exact) mass is 619 g/mol. The average Bonchev–Trinajstić information content (AvgIpc) is 3.74. The summed E-state index contributed by atoms with van der Waals surface area (Å²) in [5, 5.41) is 6.09. The first kappa shape index (κ1) is 28.1. The fraction of sp³-hybridized carbons (Fsp3) is 0.846. The van der Waals surface area contributed by atoms with Crippen LogP contribution in [-0.2, 0) is 23.7 Å². The van der Waals surface area contributed by atoms with E-state index in [4.69, 9.17) is 18.9 Å². The zero-order valence-electron chi connectivity index (χ0n) is 21.9. The van der Waals surface area contributed by atoms with Gasteiger partial charge >= 0.3 is 6.09 Å². The van der Waals surface area contributed by atoms with Crippen molar-refractivity contribution in [2.75, 3.05) is 20.3 Å². The Bertz CT molecular complexity index is 824. The highest BCUT2D eigenvalue weighted by atomic mass is 127. The lowest BCUT2D eigenvalue weighted by Crippen LogP contribution is -2.56. The highest BCUT2D eigenvalue weighted by Gasteiger charge is 2.72. The molecule has 2 aliphatic heterocycles. The Kier molecular flexibility index (Phi) is 9.23. The van der Waals surface area contributed by atoms with Crippen LogP contribution in [0.2, 0.25) is 0 Å². The van der Waals surface area contributed by atoms with Crippen molar-refractivity contribution < 1.29 is 28.5 Å². The summed E-state index contributed by atoms with van der Waals surface area (Å²) in [6, 6.07) is 0.211. The molecule has 2 saturated heterocycles. The van der Waals surface area contributed by atoms with Crippen molar-refractivity contribution in [1.29, 1.82) is 0 Å². The molecule has 1 spiro atoms. The normalized spacial score (nSPS) is 39.2. The Labute approximate surface area is 228 Å². The SMILES string of the molecule is COC1C(OC(=O)N[C@H]2CC[C@H](NC(=O)CNI)CC2)CC[C@]2(CO2)[C@H]1[C@@]1(C)O[C@@H]1CCC=C(C)C. The minimum Gasteiger partial charge on any atom is -0.443 e. The van der Waals surface area contributed by atoms with E-state index in [9.17, 15) is 9.59 Å². The van der Waals surface area contributed by atoms with Crippen LogP contribution in [0, 0.1) is 5.92 Å². The highest BCUT2D eigenvalue weighted by Crippen LogP contribution is 2.59. The van der Waals surface area contributed by atoms with Crippen molar-refractivity contribution in [2.24, 2.45) is 5.92 Å². The first-order valence-electron chi connectivity index (χ1n) is 13.3. The number of amides is 2. The number of nitrogens with one attached hydrogen (secondary N) is 3. The Balaban J connectivity index is 1.29. The third kappa shape index (κ3) is 6.54. The number of rotatable bonds is 10. The smallest absolute Gasteiger partial charge is 0.407 e. The van der Waals surface area contributed by atoms with Crippen molar-refractivity contribution >= 4 is 34.9 Å². The second-order valence-corrected chi connectivity index (χ2v) is 12.0. The van der Waals surface area contributed by atoms with Gasteiger partial charge in [0, 0.05) is 42.1 Å². The molecule has 2 unspecified atom stereocenters. The lowest BCUT2D eigenvalue weighted by Gasteiger charge is -2.42. The summed E-state index contributed by atoms with van der Waals surface area (Å²) in [7, 11) is 1.69. The van der Waals surface area contributed by atoms with Crippen LogP contribution >= 0.6 is 22.9 Å². The first-order valence-corrected chi connectivity index (χ1v) is 14.4. The van der Waals surface area contributed by atoms with Gasteiger partial charge in [0.15, 0.2) is 0 Å². The summed E-state index contributed by atoms with van der Waals surface area (Å²) in [5.41, 5.74) is 0.756. The van der Waals surface area contributed by atoms with Crippen LogP contribution in [0.15, 0.2) is 11.6 Å². The number of methoxy groups -OCH3 is 1. The largest absolute Gasteiger partial charge is 0.443 e. The van der Waals surface area contributed by atoms with Crippen LogP contribution in [0.25, 0.3) is 0 Å². The molecule has 9 nitrogen and oxygen atoms in total. The van der Waals surface area contributed by atoms with E-state index in [1.807, 2.05) is 22.9 Å². The molecule has 3 N–H and O–H groups in total. The molecule has 6 atom stereocenters. The number of hydrogen-bond acceptors (Lipinski definition) is 7. The molecule has 10 heteroatoms. The fourth-order valence-electron chi connectivity index (χ4n) is 6.37. The van der Waals surface area contributed by atoms with E-state index in [1.165, 1.54) is 5.57 Å². The summed E-state index contributed by atoms with van der Waals surface area (Å²) in [6.07, 6.45) is 8.22. The van der Waals surface area contributed by atoms with Gasteiger partial charge in [-0.25, -0.2) is 4.79 Å². The van der Waals surface area contributed by atoms with Gasteiger partial charge in [-0.05, 0) is 72.1 Å². The zero-order chi connectivity index (χ0) is 25.9. The van der Waals surface area contributed by atoms with Crippen LogP contribution in [0.5, 0.6) is 0 Å².